The maximum atomic E-state index is 13.6. The molecule has 6 heteroatoms. The number of para-hydroxylation sites is 1. The van der Waals surface area contributed by atoms with Gasteiger partial charge in [-0.3, -0.25) is 9.59 Å². The number of hydrogen-bond acceptors (Lipinski definition) is 3. The number of carbonyl (C=O) groups is 1. The number of hydrogen-bond donors (Lipinski definition) is 2. The van der Waals surface area contributed by atoms with Gasteiger partial charge >= 0.3 is 0 Å². The van der Waals surface area contributed by atoms with Gasteiger partial charge in [-0.15, -0.1) is 0 Å². The Balaban J connectivity index is 1.98. The summed E-state index contributed by atoms with van der Waals surface area (Å²) in [5, 5.41) is 2.75. The molecule has 0 spiro atoms. The van der Waals surface area contributed by atoms with Gasteiger partial charge in [0.05, 0.1) is 12.6 Å². The third kappa shape index (κ3) is 2.78. The van der Waals surface area contributed by atoms with E-state index in [-0.39, 0.29) is 16.5 Å². The summed E-state index contributed by atoms with van der Waals surface area (Å²) in [7, 11) is 1.52. The molecule has 2 aromatic carbocycles. The Morgan fingerprint density at radius 1 is 1.22 bits per heavy atom. The zero-order valence-electron chi connectivity index (χ0n) is 12.2. The number of pyridine rings is 1. The van der Waals surface area contributed by atoms with Crippen LogP contribution in [0.25, 0.3) is 10.9 Å². The summed E-state index contributed by atoms with van der Waals surface area (Å²) in [4.78, 5) is 27.3. The molecule has 0 aliphatic heterocycles. The fourth-order valence-electron chi connectivity index (χ4n) is 2.28. The Morgan fingerprint density at radius 2 is 2.00 bits per heavy atom. The first kappa shape index (κ1) is 14.8. The van der Waals surface area contributed by atoms with Gasteiger partial charge in [0.15, 0.2) is 0 Å². The summed E-state index contributed by atoms with van der Waals surface area (Å²) in [5.74, 6) is -0.540. The van der Waals surface area contributed by atoms with Crippen LogP contribution < -0.4 is 15.5 Å². The highest BCUT2D eigenvalue weighted by Crippen LogP contribution is 2.18. The maximum Gasteiger partial charge on any atom is 0.261 e. The Bertz CT molecular complexity index is 950. The molecule has 1 heterocycles. The van der Waals surface area contributed by atoms with E-state index in [1.807, 2.05) is 0 Å². The van der Waals surface area contributed by atoms with E-state index in [9.17, 15) is 14.0 Å². The Labute approximate surface area is 130 Å². The van der Waals surface area contributed by atoms with E-state index in [0.29, 0.717) is 11.4 Å². The van der Waals surface area contributed by atoms with E-state index in [2.05, 4.69) is 10.3 Å². The quantitative estimate of drug-likeness (QED) is 0.781. The number of anilines is 1. The molecule has 0 saturated carbocycles. The number of aromatic nitrogens is 1. The number of aromatic amines is 1. The highest BCUT2D eigenvalue weighted by atomic mass is 19.1. The van der Waals surface area contributed by atoms with Crippen molar-refractivity contribution in [2.75, 3.05) is 12.4 Å². The minimum atomic E-state index is -0.578. The summed E-state index contributed by atoms with van der Waals surface area (Å²) in [6.45, 7) is 0. The second-order valence-electron chi connectivity index (χ2n) is 4.88. The van der Waals surface area contributed by atoms with E-state index >= 15 is 0 Å². The molecule has 0 radical (unpaired) electrons. The molecule has 1 amide bonds. The largest absolute Gasteiger partial charge is 0.497 e. The van der Waals surface area contributed by atoms with Crippen molar-refractivity contribution < 1.29 is 13.9 Å². The van der Waals surface area contributed by atoms with Crippen molar-refractivity contribution in [3.63, 3.8) is 0 Å². The number of ether oxygens (including phenoxy) is 1. The maximum absolute atomic E-state index is 13.6. The minimum Gasteiger partial charge on any atom is -0.497 e. The molecule has 3 aromatic rings. The molecule has 0 bridgehead atoms. The third-order valence-electron chi connectivity index (χ3n) is 3.44. The number of fused-ring (bicyclic) bond motifs is 1. The van der Waals surface area contributed by atoms with Gasteiger partial charge in [0.2, 0.25) is 5.43 Å². The first-order chi connectivity index (χ1) is 11.1. The molecule has 23 heavy (non-hydrogen) atoms. The van der Waals surface area contributed by atoms with Crippen molar-refractivity contribution >= 4 is 22.5 Å². The number of amides is 1. The molecule has 0 atom stereocenters. The van der Waals surface area contributed by atoms with Gasteiger partial charge in [0.1, 0.15) is 17.1 Å². The van der Waals surface area contributed by atoms with Crippen LogP contribution in [0.15, 0.2) is 53.5 Å². The molecular formula is C17H13FN2O3. The van der Waals surface area contributed by atoms with Crippen molar-refractivity contribution in [3.8, 4) is 5.75 Å². The lowest BCUT2D eigenvalue weighted by Gasteiger charge is -2.07. The third-order valence-corrected chi connectivity index (χ3v) is 3.44. The van der Waals surface area contributed by atoms with Gasteiger partial charge < -0.3 is 15.0 Å². The van der Waals surface area contributed by atoms with Crippen molar-refractivity contribution in [1.82, 2.24) is 4.98 Å². The average Bonchev–Trinajstić information content (AvgIpc) is 2.56. The van der Waals surface area contributed by atoms with Crippen LogP contribution >= 0.6 is 0 Å². The predicted molar refractivity (Wildman–Crippen MR) is 85.5 cm³/mol. The van der Waals surface area contributed by atoms with Crippen LogP contribution in [0.4, 0.5) is 10.1 Å². The summed E-state index contributed by atoms with van der Waals surface area (Å²) >= 11 is 0. The van der Waals surface area contributed by atoms with Gasteiger partial charge in [0, 0.05) is 23.3 Å². The molecular weight excluding hydrogens is 299 g/mol. The lowest BCUT2D eigenvalue weighted by atomic mass is 10.1. The Hall–Kier alpha value is -3.15. The van der Waals surface area contributed by atoms with E-state index in [1.54, 1.807) is 24.3 Å². The summed E-state index contributed by atoms with van der Waals surface area (Å²) < 4.78 is 18.7. The highest BCUT2D eigenvalue weighted by molar-refractivity contribution is 6.05. The molecule has 0 saturated heterocycles. The van der Waals surface area contributed by atoms with Gasteiger partial charge in [-0.05, 0) is 24.3 Å². The number of carbonyl (C=O) groups excluding carboxylic acids is 1. The standard InChI is InChI=1S/C17H13FN2O3/c1-23-11-5-2-4-10(8-11)20-17(22)13-9-19-15-12(16(13)21)6-3-7-14(15)18/h2-9H,1H3,(H,19,21)(H,20,22). The zero-order valence-corrected chi connectivity index (χ0v) is 12.2. The van der Waals surface area contributed by atoms with E-state index < -0.39 is 17.2 Å². The average molecular weight is 312 g/mol. The molecule has 5 nitrogen and oxygen atoms in total. The summed E-state index contributed by atoms with van der Waals surface area (Å²) in [6.07, 6.45) is 1.21. The number of rotatable bonds is 3. The van der Waals surface area contributed by atoms with Crippen LogP contribution in [0.5, 0.6) is 5.75 Å². The van der Waals surface area contributed by atoms with E-state index in [0.717, 1.165) is 0 Å². The number of nitrogens with one attached hydrogen (secondary N) is 2. The number of methoxy groups -OCH3 is 1. The molecule has 0 unspecified atom stereocenters. The SMILES string of the molecule is COc1cccc(NC(=O)c2c[nH]c3c(F)cccc3c2=O)c1. The van der Waals surface area contributed by atoms with Gasteiger partial charge in [-0.1, -0.05) is 12.1 Å². The van der Waals surface area contributed by atoms with Crippen molar-refractivity contribution in [2.45, 2.75) is 0 Å². The van der Waals surface area contributed by atoms with Crippen LogP contribution in [-0.2, 0) is 0 Å². The molecule has 1 aromatic heterocycles. The van der Waals surface area contributed by atoms with Crippen LogP contribution in [0, 0.1) is 5.82 Å². The number of H-pyrrole nitrogens is 1. The predicted octanol–water partition coefficient (Wildman–Crippen LogP) is 2.93. The molecule has 0 aliphatic carbocycles. The van der Waals surface area contributed by atoms with Crippen LogP contribution in [-0.4, -0.2) is 18.0 Å². The lowest BCUT2D eigenvalue weighted by molar-refractivity contribution is 0.102. The van der Waals surface area contributed by atoms with Crippen LogP contribution in [0.3, 0.4) is 0 Å². The second-order valence-corrected chi connectivity index (χ2v) is 4.88. The van der Waals surface area contributed by atoms with Crippen molar-refractivity contribution in [2.24, 2.45) is 0 Å². The topological polar surface area (TPSA) is 71.2 Å². The first-order valence-corrected chi connectivity index (χ1v) is 6.85. The summed E-state index contributed by atoms with van der Waals surface area (Å²) in [6, 6.07) is 10.9. The van der Waals surface area contributed by atoms with E-state index in [4.69, 9.17) is 4.74 Å². The molecule has 3 rings (SSSR count). The fourth-order valence-corrected chi connectivity index (χ4v) is 2.28. The first-order valence-electron chi connectivity index (χ1n) is 6.85. The molecule has 0 aliphatic rings. The van der Waals surface area contributed by atoms with Gasteiger partial charge in [0.25, 0.3) is 5.91 Å². The van der Waals surface area contributed by atoms with Gasteiger partial charge in [-0.2, -0.15) is 0 Å². The normalized spacial score (nSPS) is 10.5. The molecule has 0 fully saturated rings. The molecule has 2 N–H and O–H groups in total. The Morgan fingerprint density at radius 3 is 2.78 bits per heavy atom. The van der Waals surface area contributed by atoms with Crippen molar-refractivity contribution in [3.05, 3.63) is 70.3 Å². The summed E-state index contributed by atoms with van der Waals surface area (Å²) in [5.41, 5.74) is -0.0481. The van der Waals surface area contributed by atoms with Crippen LogP contribution in [0.2, 0.25) is 0 Å². The minimum absolute atomic E-state index is 0.0791. The van der Waals surface area contributed by atoms with Gasteiger partial charge in [-0.25, -0.2) is 4.39 Å². The second kappa shape index (κ2) is 5.92. The number of benzene rings is 2. The fraction of sp³-hybridized carbons (Fsp3) is 0.0588. The van der Waals surface area contributed by atoms with E-state index in [1.165, 1.54) is 31.5 Å². The van der Waals surface area contributed by atoms with Crippen molar-refractivity contribution in [1.29, 1.82) is 0 Å². The smallest absolute Gasteiger partial charge is 0.261 e. The van der Waals surface area contributed by atoms with Crippen LogP contribution in [0.1, 0.15) is 10.4 Å². The Kier molecular flexibility index (Phi) is 3.80. The zero-order chi connectivity index (χ0) is 16.4. The monoisotopic (exact) mass is 312 g/mol. The number of halogens is 1. The molecule has 116 valence electrons. The lowest BCUT2D eigenvalue weighted by Crippen LogP contribution is -2.22. The highest BCUT2D eigenvalue weighted by Gasteiger charge is 2.14.